The van der Waals surface area contributed by atoms with Gasteiger partial charge in [0.1, 0.15) is 5.69 Å². The Balaban J connectivity index is 3.21. The molecule has 0 aliphatic carbocycles. The Morgan fingerprint density at radius 2 is 2.25 bits per heavy atom. The molecule has 1 aromatic rings. The van der Waals surface area contributed by atoms with E-state index in [0.717, 1.165) is 12.3 Å². The third-order valence-electron chi connectivity index (χ3n) is 1.26. The summed E-state index contributed by atoms with van der Waals surface area (Å²) in [6.45, 7) is 0. The van der Waals surface area contributed by atoms with E-state index >= 15 is 0 Å². The van der Waals surface area contributed by atoms with Gasteiger partial charge in [0.15, 0.2) is 6.29 Å². The van der Waals surface area contributed by atoms with Crippen LogP contribution in [0.1, 0.15) is 22.5 Å². The highest BCUT2D eigenvalue weighted by atomic mass is 35.5. The van der Waals surface area contributed by atoms with Crippen LogP contribution >= 0.6 is 11.6 Å². The molecule has 0 unspecified atom stereocenters. The molecule has 5 heteroatoms. The van der Waals surface area contributed by atoms with Crippen molar-refractivity contribution in [3.63, 3.8) is 0 Å². The minimum absolute atomic E-state index is 0.0934. The fourth-order valence-corrected chi connectivity index (χ4v) is 0.905. The van der Waals surface area contributed by atoms with Gasteiger partial charge in [-0.05, 0) is 6.07 Å². The molecule has 0 fully saturated rings. The van der Waals surface area contributed by atoms with Crippen LogP contribution in [-0.2, 0) is 0 Å². The largest absolute Gasteiger partial charge is 0.296 e. The van der Waals surface area contributed by atoms with Gasteiger partial charge in [0.25, 0.3) is 6.43 Å². The average Bonchev–Trinajstić information content (AvgIpc) is 2.04. The summed E-state index contributed by atoms with van der Waals surface area (Å²) in [6, 6.07) is 1.03. The van der Waals surface area contributed by atoms with E-state index in [2.05, 4.69) is 4.98 Å². The number of hydrogen-bond donors (Lipinski definition) is 0. The lowest BCUT2D eigenvalue weighted by atomic mass is 10.2. The van der Waals surface area contributed by atoms with Crippen LogP contribution in [0.2, 0.25) is 5.02 Å². The van der Waals surface area contributed by atoms with Gasteiger partial charge in [-0.2, -0.15) is 0 Å². The molecule has 0 radical (unpaired) electrons. The molecule has 0 aliphatic heterocycles. The van der Waals surface area contributed by atoms with E-state index in [4.69, 9.17) is 11.6 Å². The third kappa shape index (κ3) is 1.76. The highest BCUT2D eigenvalue weighted by Gasteiger charge is 2.13. The molecule has 1 heterocycles. The van der Waals surface area contributed by atoms with E-state index in [0.29, 0.717) is 0 Å². The van der Waals surface area contributed by atoms with Gasteiger partial charge < -0.3 is 0 Å². The molecule has 0 spiro atoms. The zero-order valence-electron chi connectivity index (χ0n) is 5.80. The van der Waals surface area contributed by atoms with Crippen LogP contribution in [0.4, 0.5) is 8.78 Å². The molecule has 0 amide bonds. The topological polar surface area (TPSA) is 30.0 Å². The molecular formula is C7H4ClF2NO. The van der Waals surface area contributed by atoms with Gasteiger partial charge in [-0.3, -0.25) is 9.78 Å². The predicted octanol–water partition coefficient (Wildman–Crippen LogP) is 2.49. The number of carbonyl (C=O) groups excluding carboxylic acids is 1. The normalized spacial score (nSPS) is 10.3. The second kappa shape index (κ2) is 3.58. The quantitative estimate of drug-likeness (QED) is 0.673. The summed E-state index contributed by atoms with van der Waals surface area (Å²) in [5, 5.41) is 0.0934. The molecule has 0 atom stereocenters. The lowest BCUT2D eigenvalue weighted by Crippen LogP contribution is -1.96. The number of pyridine rings is 1. The van der Waals surface area contributed by atoms with Crippen molar-refractivity contribution in [2.75, 3.05) is 0 Å². The Morgan fingerprint density at radius 3 is 2.75 bits per heavy atom. The lowest BCUT2D eigenvalue weighted by Gasteiger charge is -2.01. The van der Waals surface area contributed by atoms with Crippen LogP contribution in [0, 0.1) is 0 Å². The minimum atomic E-state index is -2.73. The van der Waals surface area contributed by atoms with Crippen LogP contribution in [0.5, 0.6) is 0 Å². The maximum Gasteiger partial charge on any atom is 0.266 e. The van der Waals surface area contributed by atoms with Crippen molar-refractivity contribution in [2.24, 2.45) is 0 Å². The van der Waals surface area contributed by atoms with Crippen LogP contribution in [0.15, 0.2) is 12.3 Å². The van der Waals surface area contributed by atoms with Gasteiger partial charge in [0.05, 0.1) is 5.02 Å². The molecule has 0 aliphatic rings. The van der Waals surface area contributed by atoms with E-state index in [1.165, 1.54) is 0 Å². The second-order valence-corrected chi connectivity index (χ2v) is 2.48. The first-order valence-electron chi connectivity index (χ1n) is 3.04. The molecule has 1 rings (SSSR count). The van der Waals surface area contributed by atoms with Crippen LogP contribution in [-0.4, -0.2) is 11.3 Å². The zero-order chi connectivity index (χ0) is 9.14. The van der Waals surface area contributed by atoms with Crippen molar-refractivity contribution >= 4 is 17.9 Å². The van der Waals surface area contributed by atoms with Crippen molar-refractivity contribution in [3.8, 4) is 0 Å². The third-order valence-corrected chi connectivity index (χ3v) is 1.47. The van der Waals surface area contributed by atoms with Crippen molar-refractivity contribution in [1.82, 2.24) is 4.98 Å². The number of hydrogen-bond acceptors (Lipinski definition) is 2. The Labute approximate surface area is 72.2 Å². The van der Waals surface area contributed by atoms with Crippen molar-refractivity contribution in [2.45, 2.75) is 6.43 Å². The smallest absolute Gasteiger partial charge is 0.266 e. The molecule has 0 saturated carbocycles. The molecular weight excluding hydrogens is 188 g/mol. The van der Waals surface area contributed by atoms with E-state index in [9.17, 15) is 13.6 Å². The molecule has 64 valence electrons. The number of alkyl halides is 2. The zero-order valence-corrected chi connectivity index (χ0v) is 6.55. The number of aromatic nitrogens is 1. The van der Waals surface area contributed by atoms with Crippen molar-refractivity contribution in [3.05, 3.63) is 28.5 Å². The Kier molecular flexibility index (Phi) is 2.70. The van der Waals surface area contributed by atoms with Crippen molar-refractivity contribution in [1.29, 1.82) is 0 Å². The number of aldehydes is 1. The Bertz CT molecular complexity index is 303. The molecule has 1 aromatic heterocycles. The first-order valence-corrected chi connectivity index (χ1v) is 3.41. The fraction of sp³-hybridized carbons (Fsp3) is 0.143. The molecule has 0 bridgehead atoms. The summed E-state index contributed by atoms with van der Waals surface area (Å²) < 4.78 is 24.3. The molecule has 2 nitrogen and oxygen atoms in total. The van der Waals surface area contributed by atoms with Crippen LogP contribution in [0.3, 0.4) is 0 Å². The van der Waals surface area contributed by atoms with E-state index < -0.39 is 12.0 Å². The maximum absolute atomic E-state index is 12.1. The molecule has 0 saturated heterocycles. The highest BCUT2D eigenvalue weighted by Crippen LogP contribution is 2.23. The molecule has 0 N–H and O–H groups in total. The summed E-state index contributed by atoms with van der Waals surface area (Å²) in [5.41, 5.74) is -0.702. The van der Waals surface area contributed by atoms with Crippen LogP contribution in [0.25, 0.3) is 0 Å². The van der Waals surface area contributed by atoms with Gasteiger partial charge >= 0.3 is 0 Å². The summed E-state index contributed by atoms with van der Waals surface area (Å²) >= 11 is 5.41. The van der Waals surface area contributed by atoms with E-state index in [-0.39, 0.29) is 17.0 Å². The number of halogens is 3. The van der Waals surface area contributed by atoms with Gasteiger partial charge in [-0.1, -0.05) is 11.6 Å². The maximum atomic E-state index is 12.1. The lowest BCUT2D eigenvalue weighted by molar-refractivity contribution is 0.110. The number of nitrogens with zero attached hydrogens (tertiary/aromatic N) is 1. The summed E-state index contributed by atoms with van der Waals surface area (Å²) in [4.78, 5) is 13.6. The molecule has 0 aromatic carbocycles. The van der Waals surface area contributed by atoms with Crippen molar-refractivity contribution < 1.29 is 13.6 Å². The monoisotopic (exact) mass is 191 g/mol. The van der Waals surface area contributed by atoms with Crippen LogP contribution < -0.4 is 0 Å². The van der Waals surface area contributed by atoms with Gasteiger partial charge in [0, 0.05) is 11.8 Å². The summed E-state index contributed by atoms with van der Waals surface area (Å²) in [5.74, 6) is 0. The average molecular weight is 192 g/mol. The Morgan fingerprint density at radius 1 is 1.58 bits per heavy atom. The molecule has 12 heavy (non-hydrogen) atoms. The van der Waals surface area contributed by atoms with Gasteiger partial charge in [0.2, 0.25) is 0 Å². The van der Waals surface area contributed by atoms with Gasteiger partial charge in [-0.25, -0.2) is 8.78 Å². The van der Waals surface area contributed by atoms with E-state index in [1.807, 2.05) is 0 Å². The predicted molar refractivity (Wildman–Crippen MR) is 39.6 cm³/mol. The number of rotatable bonds is 2. The first-order chi connectivity index (χ1) is 5.65. The standard InChI is InChI=1S/C7H4ClF2NO/c8-4-1-5(7(9)10)6(3-12)11-2-4/h1-3,7H. The second-order valence-electron chi connectivity index (χ2n) is 2.05. The van der Waals surface area contributed by atoms with E-state index in [1.54, 1.807) is 0 Å². The fourth-order valence-electron chi connectivity index (χ4n) is 0.739. The number of carbonyl (C=O) groups is 1. The summed E-state index contributed by atoms with van der Waals surface area (Å²) in [7, 11) is 0. The highest BCUT2D eigenvalue weighted by molar-refractivity contribution is 6.30. The van der Waals surface area contributed by atoms with Gasteiger partial charge in [-0.15, -0.1) is 0 Å². The SMILES string of the molecule is O=Cc1ncc(Cl)cc1C(F)F. The minimum Gasteiger partial charge on any atom is -0.296 e. The summed E-state index contributed by atoms with van der Waals surface area (Å²) in [6.07, 6.45) is -1.30. The first kappa shape index (κ1) is 9.06. The Hall–Kier alpha value is -1.03.